The van der Waals surface area contributed by atoms with Gasteiger partial charge in [-0.15, -0.1) is 11.8 Å². The van der Waals surface area contributed by atoms with Crippen LogP contribution in [0.5, 0.6) is 0 Å². The second-order valence-electron chi connectivity index (χ2n) is 4.18. The SMILES string of the molecule is CC1(C)SC2(Br)C(Br)C(=O)N2[C@]1(Br)C(=O)O. The molecule has 0 aromatic heterocycles. The number of carbonyl (C=O) groups is 2. The van der Waals surface area contributed by atoms with Gasteiger partial charge in [0.2, 0.25) is 10.4 Å². The summed E-state index contributed by atoms with van der Waals surface area (Å²) in [6, 6.07) is 0. The van der Waals surface area contributed by atoms with Gasteiger partial charge in [-0.3, -0.25) is 9.69 Å². The first-order valence-corrected chi connectivity index (χ1v) is 7.70. The van der Waals surface area contributed by atoms with E-state index in [0.717, 1.165) is 0 Å². The predicted octanol–water partition coefficient (Wildman–Crippen LogP) is 2.34. The average molecular weight is 438 g/mol. The summed E-state index contributed by atoms with van der Waals surface area (Å²) in [6.07, 6.45) is 0. The van der Waals surface area contributed by atoms with Gasteiger partial charge in [0.05, 0.1) is 4.75 Å². The van der Waals surface area contributed by atoms with Gasteiger partial charge in [0.15, 0.2) is 3.78 Å². The van der Waals surface area contributed by atoms with E-state index in [-0.39, 0.29) is 5.91 Å². The first kappa shape index (κ1) is 13.2. The molecule has 0 aromatic rings. The zero-order valence-corrected chi connectivity index (χ0v) is 13.9. The summed E-state index contributed by atoms with van der Waals surface area (Å²) in [6.45, 7) is 3.60. The summed E-state index contributed by atoms with van der Waals surface area (Å²) in [7, 11) is 0. The monoisotopic (exact) mass is 435 g/mol. The van der Waals surface area contributed by atoms with Crippen LogP contribution in [0, 0.1) is 0 Å². The summed E-state index contributed by atoms with van der Waals surface area (Å²) in [5, 5.41) is 9.36. The van der Waals surface area contributed by atoms with Crippen molar-refractivity contribution >= 4 is 71.4 Å². The van der Waals surface area contributed by atoms with E-state index in [4.69, 9.17) is 0 Å². The zero-order valence-electron chi connectivity index (χ0n) is 8.33. The standard InChI is InChI=1S/C8H8Br3NO3S/c1-6(2)7(10,5(14)15)12-4(13)3(9)8(12,11)16-6/h3H,1-2H3,(H,14,15)/t3?,7-,8?/m1/s1. The number of fused-ring (bicyclic) bond motifs is 1. The van der Waals surface area contributed by atoms with Crippen LogP contribution < -0.4 is 0 Å². The van der Waals surface area contributed by atoms with Gasteiger partial charge in [0, 0.05) is 0 Å². The van der Waals surface area contributed by atoms with Crippen molar-refractivity contribution in [3.8, 4) is 0 Å². The fourth-order valence-electron chi connectivity index (χ4n) is 1.97. The van der Waals surface area contributed by atoms with Crippen LogP contribution in [0.2, 0.25) is 0 Å². The van der Waals surface area contributed by atoms with Crippen LogP contribution in [-0.2, 0) is 9.59 Å². The number of carboxylic acids is 1. The van der Waals surface area contributed by atoms with Crippen LogP contribution in [0.25, 0.3) is 0 Å². The number of hydrogen-bond donors (Lipinski definition) is 1. The van der Waals surface area contributed by atoms with Crippen molar-refractivity contribution in [2.75, 3.05) is 0 Å². The zero-order chi connectivity index (χ0) is 12.5. The van der Waals surface area contributed by atoms with Gasteiger partial charge in [0.25, 0.3) is 0 Å². The Balaban J connectivity index is 2.55. The summed E-state index contributed by atoms with van der Waals surface area (Å²) in [5.41, 5.74) is 0. The molecule has 1 N–H and O–H groups in total. The third-order valence-corrected chi connectivity index (χ3v) is 9.57. The topological polar surface area (TPSA) is 57.6 Å². The second kappa shape index (κ2) is 3.39. The van der Waals surface area contributed by atoms with Gasteiger partial charge < -0.3 is 5.11 Å². The van der Waals surface area contributed by atoms with Crippen LogP contribution in [0.3, 0.4) is 0 Å². The smallest absolute Gasteiger partial charge is 0.342 e. The van der Waals surface area contributed by atoms with Gasteiger partial charge in [0.1, 0.15) is 4.83 Å². The molecule has 16 heavy (non-hydrogen) atoms. The van der Waals surface area contributed by atoms with Gasteiger partial charge in [-0.25, -0.2) is 4.79 Å². The molecular weight excluding hydrogens is 430 g/mol. The molecule has 2 fully saturated rings. The van der Waals surface area contributed by atoms with E-state index in [0.29, 0.717) is 0 Å². The molecule has 3 atom stereocenters. The molecule has 0 spiro atoms. The van der Waals surface area contributed by atoms with Crippen molar-refractivity contribution in [1.29, 1.82) is 0 Å². The molecule has 90 valence electrons. The third-order valence-electron chi connectivity index (χ3n) is 2.84. The molecule has 0 saturated carbocycles. The van der Waals surface area contributed by atoms with E-state index in [2.05, 4.69) is 47.8 Å². The number of carbonyl (C=O) groups excluding carboxylic acids is 1. The number of hydrogen-bond acceptors (Lipinski definition) is 3. The lowest BCUT2D eigenvalue weighted by molar-refractivity contribution is -0.159. The minimum absolute atomic E-state index is 0.228. The summed E-state index contributed by atoms with van der Waals surface area (Å²) >= 11 is 11.4. The Morgan fingerprint density at radius 3 is 2.44 bits per heavy atom. The molecule has 0 aromatic carbocycles. The lowest BCUT2D eigenvalue weighted by Crippen LogP contribution is -2.72. The van der Waals surface area contributed by atoms with Crippen LogP contribution in [0.1, 0.15) is 13.8 Å². The van der Waals surface area contributed by atoms with Crippen LogP contribution in [-0.4, -0.2) is 39.7 Å². The number of halogens is 3. The van der Waals surface area contributed by atoms with E-state index in [9.17, 15) is 14.7 Å². The summed E-state index contributed by atoms with van der Waals surface area (Å²) in [4.78, 5) is 24.2. The van der Waals surface area contributed by atoms with Crippen molar-refractivity contribution in [2.45, 2.75) is 31.7 Å². The molecule has 0 aliphatic carbocycles. The molecule has 2 heterocycles. The maximum absolute atomic E-state index is 11.8. The molecule has 2 aliphatic rings. The van der Waals surface area contributed by atoms with Crippen molar-refractivity contribution in [3.63, 3.8) is 0 Å². The molecule has 2 unspecified atom stereocenters. The molecule has 2 saturated heterocycles. The van der Waals surface area contributed by atoms with Crippen LogP contribution in [0.4, 0.5) is 0 Å². The highest BCUT2D eigenvalue weighted by atomic mass is 79.9. The Kier molecular flexibility index (Phi) is 2.79. The molecular formula is C8H8Br3NO3S. The molecule has 2 aliphatic heterocycles. The Labute approximate surface area is 122 Å². The molecule has 2 rings (SSSR count). The summed E-state index contributed by atoms with van der Waals surface area (Å²) in [5.74, 6) is -1.28. The lowest BCUT2D eigenvalue weighted by Gasteiger charge is -2.50. The largest absolute Gasteiger partial charge is 0.479 e. The fraction of sp³-hybridized carbons (Fsp3) is 0.750. The minimum Gasteiger partial charge on any atom is -0.479 e. The molecule has 8 heteroatoms. The highest BCUT2D eigenvalue weighted by Crippen LogP contribution is 2.69. The van der Waals surface area contributed by atoms with E-state index in [1.165, 1.54) is 16.7 Å². The quantitative estimate of drug-likeness (QED) is 0.388. The number of thioether (sulfide) groups is 1. The number of aliphatic carboxylic acids is 1. The first-order chi connectivity index (χ1) is 7.09. The number of rotatable bonds is 1. The second-order valence-corrected chi connectivity index (χ2v) is 9.83. The third kappa shape index (κ3) is 1.22. The Hall–Kier alpha value is 0.730. The van der Waals surface area contributed by atoms with Gasteiger partial charge in [-0.05, 0) is 45.7 Å². The van der Waals surface area contributed by atoms with Crippen molar-refractivity contribution < 1.29 is 14.7 Å². The van der Waals surface area contributed by atoms with Gasteiger partial charge in [-0.2, -0.15) is 0 Å². The molecule has 0 bridgehead atoms. The van der Waals surface area contributed by atoms with Crippen molar-refractivity contribution in [3.05, 3.63) is 0 Å². The van der Waals surface area contributed by atoms with Crippen LogP contribution in [0.15, 0.2) is 0 Å². The minimum atomic E-state index is -1.38. The normalized spacial score (nSPS) is 45.2. The molecule has 4 nitrogen and oxygen atoms in total. The highest BCUT2D eigenvalue weighted by Gasteiger charge is 2.78. The Bertz CT molecular complexity index is 401. The maximum Gasteiger partial charge on any atom is 0.342 e. The number of amides is 1. The average Bonchev–Trinajstić information content (AvgIpc) is 2.29. The van der Waals surface area contributed by atoms with Crippen molar-refractivity contribution in [2.24, 2.45) is 0 Å². The fourth-order valence-corrected chi connectivity index (χ4v) is 7.12. The van der Waals surface area contributed by atoms with Crippen molar-refractivity contribution in [1.82, 2.24) is 4.90 Å². The number of carboxylic acid groups (broad SMARTS) is 1. The Morgan fingerprint density at radius 1 is 1.50 bits per heavy atom. The van der Waals surface area contributed by atoms with Gasteiger partial charge in [-0.1, -0.05) is 15.9 Å². The molecule has 1 amide bonds. The van der Waals surface area contributed by atoms with E-state index in [1.807, 2.05) is 0 Å². The van der Waals surface area contributed by atoms with Crippen LogP contribution >= 0.6 is 59.6 Å². The Morgan fingerprint density at radius 2 is 2.00 bits per heavy atom. The number of nitrogens with zero attached hydrogens (tertiary/aromatic N) is 1. The highest BCUT2D eigenvalue weighted by molar-refractivity contribution is 9.14. The maximum atomic E-state index is 11.8. The summed E-state index contributed by atoms with van der Waals surface area (Å²) < 4.78 is -2.70. The first-order valence-electron chi connectivity index (χ1n) is 4.38. The van der Waals surface area contributed by atoms with E-state index in [1.54, 1.807) is 13.8 Å². The van der Waals surface area contributed by atoms with E-state index < -0.39 is 23.8 Å². The predicted molar refractivity (Wildman–Crippen MR) is 72.2 cm³/mol. The molecule has 0 radical (unpaired) electrons. The lowest BCUT2D eigenvalue weighted by atomic mass is 9.98. The number of β-lactam (4-membered cyclic amide) rings is 1. The van der Waals surface area contributed by atoms with Gasteiger partial charge >= 0.3 is 5.97 Å². The number of alkyl halides is 3. The van der Waals surface area contributed by atoms with E-state index >= 15 is 0 Å².